The Morgan fingerprint density at radius 2 is 1.82 bits per heavy atom. The van der Waals surface area contributed by atoms with Crippen molar-refractivity contribution in [1.29, 1.82) is 0 Å². The van der Waals surface area contributed by atoms with Gasteiger partial charge < -0.3 is 5.73 Å². The average molecular weight is 155 g/mol. The van der Waals surface area contributed by atoms with E-state index in [0.717, 1.165) is 11.8 Å². The Bertz CT molecular complexity index is 101. The normalized spacial score (nSPS) is 35.2. The van der Waals surface area contributed by atoms with Crippen LogP contribution in [0.1, 0.15) is 46.0 Å². The first-order valence-electron chi connectivity index (χ1n) is 4.94. The second-order valence-electron chi connectivity index (χ2n) is 4.34. The van der Waals surface area contributed by atoms with Gasteiger partial charge in [0.2, 0.25) is 0 Å². The number of nitrogens with two attached hydrogens (primary N) is 1. The molecule has 1 saturated carbocycles. The minimum Gasteiger partial charge on any atom is -0.328 e. The van der Waals surface area contributed by atoms with Crippen molar-refractivity contribution in [2.24, 2.45) is 17.6 Å². The van der Waals surface area contributed by atoms with Gasteiger partial charge in [-0.05, 0) is 25.2 Å². The highest BCUT2D eigenvalue weighted by molar-refractivity contribution is 4.72. The van der Waals surface area contributed by atoms with Crippen molar-refractivity contribution in [3.8, 4) is 0 Å². The predicted molar refractivity (Wildman–Crippen MR) is 49.4 cm³/mol. The van der Waals surface area contributed by atoms with E-state index < -0.39 is 0 Å². The Morgan fingerprint density at radius 3 is 2.27 bits per heavy atom. The molecule has 0 heterocycles. The van der Waals surface area contributed by atoms with Crippen molar-refractivity contribution in [3.05, 3.63) is 0 Å². The SMILES string of the molecule is CC(N)CC1CCC(C)CC1. The van der Waals surface area contributed by atoms with Gasteiger partial charge in [-0.1, -0.05) is 32.6 Å². The first kappa shape index (κ1) is 9.05. The molecule has 0 aromatic heterocycles. The summed E-state index contributed by atoms with van der Waals surface area (Å²) in [6.45, 7) is 4.49. The number of hydrogen-bond acceptors (Lipinski definition) is 1. The second-order valence-corrected chi connectivity index (χ2v) is 4.34. The van der Waals surface area contributed by atoms with Gasteiger partial charge in [-0.3, -0.25) is 0 Å². The van der Waals surface area contributed by atoms with Gasteiger partial charge in [-0.25, -0.2) is 0 Å². The van der Waals surface area contributed by atoms with E-state index in [1.165, 1.54) is 32.1 Å². The Balaban J connectivity index is 2.17. The molecule has 0 spiro atoms. The van der Waals surface area contributed by atoms with Crippen LogP contribution in [-0.2, 0) is 0 Å². The minimum atomic E-state index is 0.411. The molecule has 0 bridgehead atoms. The van der Waals surface area contributed by atoms with Gasteiger partial charge in [0.1, 0.15) is 0 Å². The van der Waals surface area contributed by atoms with E-state index in [1.807, 2.05) is 0 Å². The highest BCUT2D eigenvalue weighted by atomic mass is 14.6. The van der Waals surface area contributed by atoms with Gasteiger partial charge in [-0.2, -0.15) is 0 Å². The van der Waals surface area contributed by atoms with E-state index in [-0.39, 0.29) is 0 Å². The summed E-state index contributed by atoms with van der Waals surface area (Å²) in [5.74, 6) is 1.91. The van der Waals surface area contributed by atoms with Crippen LogP contribution in [0.2, 0.25) is 0 Å². The van der Waals surface area contributed by atoms with E-state index in [0.29, 0.717) is 6.04 Å². The molecule has 1 unspecified atom stereocenters. The van der Waals surface area contributed by atoms with E-state index in [2.05, 4.69) is 13.8 Å². The molecule has 0 saturated heterocycles. The van der Waals surface area contributed by atoms with Crippen LogP contribution in [0.25, 0.3) is 0 Å². The molecule has 0 aromatic rings. The van der Waals surface area contributed by atoms with Crippen LogP contribution in [0.3, 0.4) is 0 Å². The largest absolute Gasteiger partial charge is 0.328 e. The minimum absolute atomic E-state index is 0.411. The summed E-state index contributed by atoms with van der Waals surface area (Å²) in [5, 5.41) is 0. The molecule has 1 nitrogen and oxygen atoms in total. The molecule has 1 heteroatoms. The maximum atomic E-state index is 5.76. The Labute approximate surface area is 70.4 Å². The summed E-state index contributed by atoms with van der Waals surface area (Å²) >= 11 is 0. The van der Waals surface area contributed by atoms with Crippen molar-refractivity contribution in [2.45, 2.75) is 52.0 Å². The molecule has 0 aliphatic heterocycles. The summed E-state index contributed by atoms with van der Waals surface area (Å²) in [5.41, 5.74) is 5.76. The van der Waals surface area contributed by atoms with Crippen LogP contribution in [0.15, 0.2) is 0 Å². The van der Waals surface area contributed by atoms with E-state index in [1.54, 1.807) is 0 Å². The van der Waals surface area contributed by atoms with Crippen LogP contribution in [-0.4, -0.2) is 6.04 Å². The third-order valence-corrected chi connectivity index (χ3v) is 2.84. The molecule has 1 fully saturated rings. The lowest BCUT2D eigenvalue weighted by atomic mass is 9.80. The summed E-state index contributed by atoms with van der Waals surface area (Å²) in [4.78, 5) is 0. The van der Waals surface area contributed by atoms with Crippen LogP contribution < -0.4 is 5.73 Å². The van der Waals surface area contributed by atoms with Gasteiger partial charge in [-0.15, -0.1) is 0 Å². The number of hydrogen-bond donors (Lipinski definition) is 1. The summed E-state index contributed by atoms with van der Waals surface area (Å²) < 4.78 is 0. The maximum Gasteiger partial charge on any atom is 0.00131 e. The summed E-state index contributed by atoms with van der Waals surface area (Å²) in [7, 11) is 0. The lowest BCUT2D eigenvalue weighted by Gasteiger charge is -2.27. The zero-order valence-corrected chi connectivity index (χ0v) is 7.84. The molecule has 1 atom stereocenters. The quantitative estimate of drug-likeness (QED) is 0.651. The highest BCUT2D eigenvalue weighted by Gasteiger charge is 2.18. The molecule has 66 valence electrons. The Kier molecular flexibility index (Phi) is 3.38. The molecule has 1 rings (SSSR count). The van der Waals surface area contributed by atoms with Crippen molar-refractivity contribution < 1.29 is 0 Å². The van der Waals surface area contributed by atoms with Gasteiger partial charge in [0.15, 0.2) is 0 Å². The van der Waals surface area contributed by atoms with Crippen molar-refractivity contribution in [3.63, 3.8) is 0 Å². The van der Waals surface area contributed by atoms with Crippen molar-refractivity contribution >= 4 is 0 Å². The summed E-state index contributed by atoms with van der Waals surface area (Å²) in [6, 6.07) is 0.411. The van der Waals surface area contributed by atoms with E-state index in [9.17, 15) is 0 Å². The fourth-order valence-corrected chi connectivity index (χ4v) is 2.09. The highest BCUT2D eigenvalue weighted by Crippen LogP contribution is 2.30. The smallest absolute Gasteiger partial charge is 0.00131 e. The fourth-order valence-electron chi connectivity index (χ4n) is 2.09. The van der Waals surface area contributed by atoms with Gasteiger partial charge >= 0.3 is 0 Å². The van der Waals surface area contributed by atoms with Gasteiger partial charge in [0, 0.05) is 6.04 Å². The third-order valence-electron chi connectivity index (χ3n) is 2.84. The first-order valence-corrected chi connectivity index (χ1v) is 4.94. The van der Waals surface area contributed by atoms with E-state index in [4.69, 9.17) is 5.73 Å². The molecule has 1 aliphatic rings. The Hall–Kier alpha value is -0.0400. The van der Waals surface area contributed by atoms with Crippen molar-refractivity contribution in [1.82, 2.24) is 0 Å². The molecule has 0 aromatic carbocycles. The average Bonchev–Trinajstić information content (AvgIpc) is 1.93. The molecule has 0 amide bonds. The fraction of sp³-hybridized carbons (Fsp3) is 1.00. The van der Waals surface area contributed by atoms with E-state index >= 15 is 0 Å². The first-order chi connectivity index (χ1) is 5.18. The van der Waals surface area contributed by atoms with Crippen LogP contribution in [0.4, 0.5) is 0 Å². The second kappa shape index (κ2) is 4.10. The maximum absolute atomic E-state index is 5.76. The standard InChI is InChI=1S/C10H21N/c1-8-3-5-10(6-4-8)7-9(2)11/h8-10H,3-7,11H2,1-2H3. The molecular weight excluding hydrogens is 134 g/mol. The molecular formula is C10H21N. The Morgan fingerprint density at radius 1 is 1.27 bits per heavy atom. The number of rotatable bonds is 2. The zero-order valence-electron chi connectivity index (χ0n) is 7.84. The van der Waals surface area contributed by atoms with Crippen LogP contribution >= 0.6 is 0 Å². The van der Waals surface area contributed by atoms with Gasteiger partial charge in [0.25, 0.3) is 0 Å². The molecule has 11 heavy (non-hydrogen) atoms. The lowest BCUT2D eigenvalue weighted by molar-refractivity contribution is 0.268. The van der Waals surface area contributed by atoms with Gasteiger partial charge in [0.05, 0.1) is 0 Å². The van der Waals surface area contributed by atoms with Crippen LogP contribution in [0, 0.1) is 11.8 Å². The monoisotopic (exact) mass is 155 g/mol. The molecule has 1 aliphatic carbocycles. The molecule has 2 N–H and O–H groups in total. The third kappa shape index (κ3) is 3.24. The lowest BCUT2D eigenvalue weighted by Crippen LogP contribution is -2.22. The summed E-state index contributed by atoms with van der Waals surface area (Å²) in [6.07, 6.45) is 6.94. The topological polar surface area (TPSA) is 26.0 Å². The van der Waals surface area contributed by atoms with Crippen molar-refractivity contribution in [2.75, 3.05) is 0 Å². The predicted octanol–water partition coefficient (Wildman–Crippen LogP) is 2.55. The zero-order chi connectivity index (χ0) is 8.27. The van der Waals surface area contributed by atoms with Crippen LogP contribution in [0.5, 0.6) is 0 Å². The molecule has 0 radical (unpaired) electrons.